The summed E-state index contributed by atoms with van der Waals surface area (Å²) in [5.74, 6) is -1.12. The van der Waals surface area contributed by atoms with Gasteiger partial charge in [-0.1, -0.05) is 56.3 Å². The van der Waals surface area contributed by atoms with Gasteiger partial charge in [0.05, 0.1) is 6.21 Å². The van der Waals surface area contributed by atoms with E-state index in [1.807, 2.05) is 30.3 Å². The van der Waals surface area contributed by atoms with E-state index < -0.39 is 11.8 Å². The first-order valence-electron chi connectivity index (χ1n) is 7.35. The maximum absolute atomic E-state index is 11.7. The molecule has 2 aromatic rings. The predicted octanol–water partition coefficient (Wildman–Crippen LogP) is 2.90. The van der Waals surface area contributed by atoms with E-state index in [1.54, 1.807) is 24.3 Å². The largest absolute Gasteiger partial charge is 0.329 e. The van der Waals surface area contributed by atoms with E-state index in [1.165, 1.54) is 11.8 Å². The molecule has 0 aliphatic rings. The van der Waals surface area contributed by atoms with Gasteiger partial charge in [-0.25, -0.2) is 5.43 Å². The van der Waals surface area contributed by atoms with Crippen molar-refractivity contribution in [2.45, 2.75) is 19.8 Å². The van der Waals surface area contributed by atoms with Crippen molar-refractivity contribution in [3.63, 3.8) is 0 Å². The van der Waals surface area contributed by atoms with E-state index in [2.05, 4.69) is 29.7 Å². The molecule has 118 valence electrons. The number of nitrogens with one attached hydrogen (secondary N) is 2. The fraction of sp³-hybridized carbons (Fsp3) is 0.167. The van der Waals surface area contributed by atoms with Gasteiger partial charge in [-0.15, -0.1) is 0 Å². The molecule has 5 nitrogen and oxygen atoms in total. The second-order valence-corrected chi connectivity index (χ2v) is 5.34. The number of anilines is 1. The Kier molecular flexibility index (Phi) is 5.63. The maximum atomic E-state index is 11.7. The van der Waals surface area contributed by atoms with E-state index >= 15 is 0 Å². The van der Waals surface area contributed by atoms with Crippen molar-refractivity contribution in [2.75, 3.05) is 5.32 Å². The van der Waals surface area contributed by atoms with E-state index in [9.17, 15) is 9.59 Å². The van der Waals surface area contributed by atoms with Crippen LogP contribution in [0.3, 0.4) is 0 Å². The minimum Gasteiger partial charge on any atom is -0.318 e. The van der Waals surface area contributed by atoms with Crippen molar-refractivity contribution in [1.82, 2.24) is 5.43 Å². The summed E-state index contributed by atoms with van der Waals surface area (Å²) in [7, 11) is 0. The first-order valence-corrected chi connectivity index (χ1v) is 7.35. The standard InChI is InChI=1S/C18H19N3O2/c1-13(2)15-10-8-14(9-11-15)12-19-21-18(23)17(22)20-16-6-4-3-5-7-16/h3-13H,1-2H3,(H,20,22)(H,21,23)/b19-12-. The van der Waals surface area contributed by atoms with Crippen LogP contribution in [0.1, 0.15) is 30.9 Å². The number of rotatable bonds is 4. The van der Waals surface area contributed by atoms with Crippen LogP contribution in [0.5, 0.6) is 0 Å². The molecule has 0 saturated heterocycles. The molecule has 0 radical (unpaired) electrons. The van der Waals surface area contributed by atoms with Gasteiger partial charge < -0.3 is 5.32 Å². The number of hydrogen-bond acceptors (Lipinski definition) is 3. The third kappa shape index (κ3) is 5.07. The fourth-order valence-electron chi connectivity index (χ4n) is 1.89. The number of benzene rings is 2. The fourth-order valence-corrected chi connectivity index (χ4v) is 1.89. The van der Waals surface area contributed by atoms with Gasteiger partial charge in [0, 0.05) is 5.69 Å². The highest BCUT2D eigenvalue weighted by Gasteiger charge is 2.12. The average molecular weight is 309 g/mol. The Labute approximate surface area is 135 Å². The van der Waals surface area contributed by atoms with Crippen molar-refractivity contribution < 1.29 is 9.59 Å². The number of carbonyl (C=O) groups is 2. The molecule has 0 unspecified atom stereocenters. The Hall–Kier alpha value is -2.95. The molecule has 0 aromatic heterocycles. The van der Waals surface area contributed by atoms with Gasteiger partial charge in [0.1, 0.15) is 0 Å². The van der Waals surface area contributed by atoms with Crippen molar-refractivity contribution >= 4 is 23.7 Å². The highest BCUT2D eigenvalue weighted by Crippen LogP contribution is 2.13. The Morgan fingerprint density at radius 2 is 1.61 bits per heavy atom. The molecule has 2 rings (SSSR count). The number of carbonyl (C=O) groups excluding carboxylic acids is 2. The van der Waals surface area contributed by atoms with Crippen LogP contribution in [-0.2, 0) is 9.59 Å². The average Bonchev–Trinajstić information content (AvgIpc) is 2.56. The van der Waals surface area contributed by atoms with Crippen molar-refractivity contribution in [2.24, 2.45) is 5.10 Å². The van der Waals surface area contributed by atoms with Gasteiger partial charge in [0.15, 0.2) is 0 Å². The van der Waals surface area contributed by atoms with Crippen molar-refractivity contribution in [1.29, 1.82) is 0 Å². The molecule has 5 heteroatoms. The highest BCUT2D eigenvalue weighted by molar-refractivity contribution is 6.39. The zero-order chi connectivity index (χ0) is 16.7. The Morgan fingerprint density at radius 3 is 2.22 bits per heavy atom. The number of nitrogens with zero attached hydrogens (tertiary/aromatic N) is 1. The Morgan fingerprint density at radius 1 is 0.957 bits per heavy atom. The van der Waals surface area contributed by atoms with Gasteiger partial charge in [0.2, 0.25) is 0 Å². The lowest BCUT2D eigenvalue weighted by Crippen LogP contribution is -2.32. The summed E-state index contributed by atoms with van der Waals surface area (Å²) in [5.41, 5.74) is 4.84. The molecular formula is C18H19N3O2. The Balaban J connectivity index is 1.87. The zero-order valence-corrected chi connectivity index (χ0v) is 13.1. The molecule has 0 saturated carbocycles. The number of amides is 2. The molecule has 0 spiro atoms. The van der Waals surface area contributed by atoms with Crippen LogP contribution >= 0.6 is 0 Å². The maximum Gasteiger partial charge on any atom is 0.329 e. The number of hydrogen-bond donors (Lipinski definition) is 2. The summed E-state index contributed by atoms with van der Waals surface area (Å²) in [6.07, 6.45) is 1.50. The molecule has 2 amide bonds. The number of para-hydroxylation sites is 1. The lowest BCUT2D eigenvalue weighted by atomic mass is 10.0. The number of hydrazone groups is 1. The first kappa shape index (κ1) is 16.4. The molecule has 0 atom stereocenters. The molecule has 0 aliphatic heterocycles. The van der Waals surface area contributed by atoms with Gasteiger partial charge in [-0.3, -0.25) is 9.59 Å². The van der Waals surface area contributed by atoms with Crippen LogP contribution in [0.2, 0.25) is 0 Å². The predicted molar refractivity (Wildman–Crippen MR) is 91.3 cm³/mol. The van der Waals surface area contributed by atoms with E-state index in [0.29, 0.717) is 11.6 Å². The minimum absolute atomic E-state index is 0.461. The second-order valence-electron chi connectivity index (χ2n) is 5.34. The second kappa shape index (κ2) is 7.89. The van der Waals surface area contributed by atoms with Crippen molar-refractivity contribution in [3.8, 4) is 0 Å². The van der Waals surface area contributed by atoms with Gasteiger partial charge >= 0.3 is 11.8 Å². The monoisotopic (exact) mass is 309 g/mol. The topological polar surface area (TPSA) is 70.6 Å². The molecule has 0 fully saturated rings. The summed E-state index contributed by atoms with van der Waals surface area (Å²) in [6, 6.07) is 16.6. The van der Waals surface area contributed by atoms with Gasteiger partial charge in [-0.2, -0.15) is 5.10 Å². The van der Waals surface area contributed by atoms with Crippen molar-refractivity contribution in [3.05, 3.63) is 65.7 Å². The summed E-state index contributed by atoms with van der Waals surface area (Å²) in [5, 5.41) is 6.28. The smallest absolute Gasteiger partial charge is 0.318 e. The van der Waals surface area contributed by atoms with Crippen LogP contribution < -0.4 is 10.7 Å². The quantitative estimate of drug-likeness (QED) is 0.518. The summed E-state index contributed by atoms with van der Waals surface area (Å²) < 4.78 is 0. The lowest BCUT2D eigenvalue weighted by Gasteiger charge is -2.04. The molecule has 23 heavy (non-hydrogen) atoms. The van der Waals surface area contributed by atoms with Crippen LogP contribution in [0, 0.1) is 0 Å². The van der Waals surface area contributed by atoms with Crippen LogP contribution in [-0.4, -0.2) is 18.0 Å². The zero-order valence-electron chi connectivity index (χ0n) is 13.1. The van der Waals surface area contributed by atoms with Crippen LogP contribution in [0.15, 0.2) is 59.7 Å². The summed E-state index contributed by atoms with van der Waals surface area (Å²) >= 11 is 0. The summed E-state index contributed by atoms with van der Waals surface area (Å²) in [6.45, 7) is 4.24. The minimum atomic E-state index is -0.816. The third-order valence-electron chi connectivity index (χ3n) is 3.22. The lowest BCUT2D eigenvalue weighted by molar-refractivity contribution is -0.136. The normalized spacial score (nSPS) is 10.7. The van der Waals surface area contributed by atoms with E-state index in [4.69, 9.17) is 0 Å². The molecule has 2 aromatic carbocycles. The molecule has 2 N–H and O–H groups in total. The summed E-state index contributed by atoms with van der Waals surface area (Å²) in [4.78, 5) is 23.3. The molecular weight excluding hydrogens is 290 g/mol. The highest BCUT2D eigenvalue weighted by atomic mass is 16.2. The SMILES string of the molecule is CC(C)c1ccc(/C=N\NC(=O)C(=O)Nc2ccccc2)cc1. The van der Waals surface area contributed by atoms with E-state index in [-0.39, 0.29) is 0 Å². The molecule has 0 bridgehead atoms. The Bertz CT molecular complexity index is 692. The van der Waals surface area contributed by atoms with Gasteiger partial charge in [-0.05, 0) is 29.2 Å². The molecule has 0 aliphatic carbocycles. The first-order chi connectivity index (χ1) is 11.1. The van der Waals surface area contributed by atoms with Crippen LogP contribution in [0.25, 0.3) is 0 Å². The van der Waals surface area contributed by atoms with E-state index in [0.717, 1.165) is 5.56 Å². The third-order valence-corrected chi connectivity index (χ3v) is 3.22. The van der Waals surface area contributed by atoms with Crippen LogP contribution in [0.4, 0.5) is 5.69 Å². The molecule has 0 heterocycles. The van der Waals surface area contributed by atoms with Gasteiger partial charge in [0.25, 0.3) is 0 Å².